The fraction of sp³-hybridized carbons (Fsp3) is 0.579. The second-order valence-electron chi connectivity index (χ2n) is 7.59. The molecule has 1 heterocycles. The number of aliphatic hydroxyl groups excluding tert-OH is 1. The van der Waals surface area contributed by atoms with Gasteiger partial charge in [0.15, 0.2) is 0 Å². The van der Waals surface area contributed by atoms with Gasteiger partial charge in [0, 0.05) is 25.2 Å². The van der Waals surface area contributed by atoms with Crippen LogP contribution in [0.3, 0.4) is 0 Å². The third-order valence-corrected chi connectivity index (χ3v) is 4.31. The number of halogens is 1. The number of nitrogens with one attached hydrogen (secondary N) is 1. The second kappa shape index (κ2) is 8.49. The number of hydrogen-bond acceptors (Lipinski definition) is 4. The van der Waals surface area contributed by atoms with Crippen LogP contribution in [0.15, 0.2) is 24.3 Å². The summed E-state index contributed by atoms with van der Waals surface area (Å²) < 4.78 is 18.2. The molecule has 0 aliphatic carbocycles. The van der Waals surface area contributed by atoms with Crippen molar-refractivity contribution in [3.8, 4) is 0 Å². The highest BCUT2D eigenvalue weighted by atomic mass is 19.1. The van der Waals surface area contributed by atoms with Crippen LogP contribution in [-0.2, 0) is 4.74 Å². The maximum absolute atomic E-state index is 12.9. The van der Waals surface area contributed by atoms with Gasteiger partial charge < -0.3 is 20.1 Å². The number of hydrogen-bond donors (Lipinski definition) is 2. The minimum Gasteiger partial charge on any atom is -0.444 e. The first-order chi connectivity index (χ1) is 12.2. The lowest BCUT2D eigenvalue weighted by atomic mass is 9.91. The smallest absolute Gasteiger partial charge is 0.410 e. The van der Waals surface area contributed by atoms with Crippen molar-refractivity contribution in [2.75, 3.05) is 19.6 Å². The van der Waals surface area contributed by atoms with Crippen LogP contribution >= 0.6 is 0 Å². The van der Waals surface area contributed by atoms with Gasteiger partial charge in [-0.05, 0) is 63.8 Å². The van der Waals surface area contributed by atoms with Gasteiger partial charge in [0.2, 0.25) is 0 Å². The first-order valence-electron chi connectivity index (χ1n) is 8.85. The standard InChI is InChI=1S/C19H27FN2O4/c1-19(2,3)26-18(25)22-10-8-13(9-11-22)16(23)12-21-17(24)14-4-6-15(20)7-5-14/h4-7,13,16,23H,8-12H2,1-3H3,(H,21,24). The number of piperidine rings is 1. The molecule has 1 saturated heterocycles. The summed E-state index contributed by atoms with van der Waals surface area (Å²) in [4.78, 5) is 25.7. The van der Waals surface area contributed by atoms with Gasteiger partial charge in [-0.15, -0.1) is 0 Å². The molecule has 144 valence electrons. The molecule has 0 saturated carbocycles. The summed E-state index contributed by atoms with van der Waals surface area (Å²) in [6.45, 7) is 6.63. The summed E-state index contributed by atoms with van der Waals surface area (Å²) in [6, 6.07) is 5.24. The molecule has 26 heavy (non-hydrogen) atoms. The van der Waals surface area contributed by atoms with E-state index in [9.17, 15) is 19.1 Å². The molecule has 0 radical (unpaired) electrons. The van der Waals surface area contributed by atoms with Crippen molar-refractivity contribution in [1.82, 2.24) is 10.2 Å². The molecule has 0 spiro atoms. The third kappa shape index (κ3) is 5.98. The third-order valence-electron chi connectivity index (χ3n) is 4.31. The van der Waals surface area contributed by atoms with Gasteiger partial charge in [-0.2, -0.15) is 0 Å². The van der Waals surface area contributed by atoms with E-state index in [1.54, 1.807) is 4.90 Å². The van der Waals surface area contributed by atoms with E-state index in [-0.39, 0.29) is 24.5 Å². The van der Waals surface area contributed by atoms with Gasteiger partial charge in [-0.3, -0.25) is 4.79 Å². The Bertz CT molecular complexity index is 619. The summed E-state index contributed by atoms with van der Waals surface area (Å²) >= 11 is 0. The molecule has 1 fully saturated rings. The number of likely N-dealkylation sites (tertiary alicyclic amines) is 1. The zero-order valence-electron chi connectivity index (χ0n) is 15.5. The van der Waals surface area contributed by atoms with E-state index in [2.05, 4.69) is 5.32 Å². The van der Waals surface area contributed by atoms with Crippen LogP contribution < -0.4 is 5.32 Å². The monoisotopic (exact) mass is 366 g/mol. The average Bonchev–Trinajstić information content (AvgIpc) is 2.58. The van der Waals surface area contributed by atoms with Gasteiger partial charge >= 0.3 is 6.09 Å². The maximum atomic E-state index is 12.9. The van der Waals surface area contributed by atoms with Gasteiger partial charge in [0.25, 0.3) is 5.91 Å². The Morgan fingerprint density at radius 2 is 1.85 bits per heavy atom. The molecule has 1 atom stereocenters. The summed E-state index contributed by atoms with van der Waals surface area (Å²) in [5, 5.41) is 13.0. The number of ether oxygens (including phenoxy) is 1. The molecule has 0 aromatic heterocycles. The molecule has 1 aliphatic heterocycles. The van der Waals surface area contributed by atoms with Gasteiger partial charge in [-0.1, -0.05) is 0 Å². The minimum absolute atomic E-state index is 0.00204. The van der Waals surface area contributed by atoms with Crippen LogP contribution in [0.4, 0.5) is 9.18 Å². The average molecular weight is 366 g/mol. The molecule has 1 aliphatic rings. The number of rotatable bonds is 4. The SMILES string of the molecule is CC(C)(C)OC(=O)N1CCC(C(O)CNC(=O)c2ccc(F)cc2)CC1. The van der Waals surface area contributed by atoms with E-state index >= 15 is 0 Å². The highest BCUT2D eigenvalue weighted by Crippen LogP contribution is 2.22. The molecule has 1 aromatic rings. The summed E-state index contributed by atoms with van der Waals surface area (Å²) in [5.41, 5.74) is -0.184. The number of aliphatic hydroxyl groups is 1. The predicted octanol–water partition coefficient (Wildman–Crippen LogP) is 2.56. The molecule has 6 nitrogen and oxygen atoms in total. The fourth-order valence-corrected chi connectivity index (χ4v) is 2.86. The van der Waals surface area contributed by atoms with Crippen molar-refractivity contribution in [3.05, 3.63) is 35.6 Å². The maximum Gasteiger partial charge on any atom is 0.410 e. The van der Waals surface area contributed by atoms with E-state index in [0.717, 1.165) is 0 Å². The van der Waals surface area contributed by atoms with Crippen LogP contribution in [0.2, 0.25) is 0 Å². The van der Waals surface area contributed by atoms with Crippen LogP contribution in [0, 0.1) is 11.7 Å². The minimum atomic E-state index is -0.694. The summed E-state index contributed by atoms with van der Waals surface area (Å²) in [7, 11) is 0. The first-order valence-corrected chi connectivity index (χ1v) is 8.85. The lowest BCUT2D eigenvalue weighted by molar-refractivity contribution is 0.00824. The molecular formula is C19H27FN2O4. The lowest BCUT2D eigenvalue weighted by Gasteiger charge is -2.35. The Balaban J connectivity index is 1.76. The fourth-order valence-electron chi connectivity index (χ4n) is 2.86. The molecule has 1 aromatic carbocycles. The molecule has 2 amide bonds. The van der Waals surface area contributed by atoms with Crippen LogP contribution in [0.25, 0.3) is 0 Å². The molecule has 2 N–H and O–H groups in total. The highest BCUT2D eigenvalue weighted by Gasteiger charge is 2.30. The van der Waals surface area contributed by atoms with E-state index in [4.69, 9.17) is 4.74 Å². The van der Waals surface area contributed by atoms with Crippen molar-refractivity contribution in [1.29, 1.82) is 0 Å². The Morgan fingerprint density at radius 3 is 2.38 bits per heavy atom. The van der Waals surface area contributed by atoms with E-state index in [0.29, 0.717) is 31.5 Å². The van der Waals surface area contributed by atoms with Crippen LogP contribution in [0.5, 0.6) is 0 Å². The van der Waals surface area contributed by atoms with Crippen molar-refractivity contribution >= 4 is 12.0 Å². The van der Waals surface area contributed by atoms with Crippen molar-refractivity contribution in [2.24, 2.45) is 5.92 Å². The zero-order valence-corrected chi connectivity index (χ0v) is 15.5. The normalized spacial score (nSPS) is 16.9. The predicted molar refractivity (Wildman–Crippen MR) is 95.3 cm³/mol. The molecular weight excluding hydrogens is 339 g/mol. The van der Waals surface area contributed by atoms with Crippen LogP contribution in [-0.4, -0.2) is 53.3 Å². The number of amides is 2. The van der Waals surface area contributed by atoms with Crippen LogP contribution in [0.1, 0.15) is 44.0 Å². The number of benzene rings is 1. The Morgan fingerprint density at radius 1 is 1.27 bits per heavy atom. The van der Waals surface area contributed by atoms with Gasteiger partial charge in [0.05, 0.1) is 6.10 Å². The van der Waals surface area contributed by atoms with E-state index in [1.165, 1.54) is 24.3 Å². The van der Waals surface area contributed by atoms with Crippen molar-refractivity contribution < 1.29 is 23.8 Å². The van der Waals surface area contributed by atoms with Gasteiger partial charge in [-0.25, -0.2) is 9.18 Å². The first kappa shape index (κ1) is 20.2. The van der Waals surface area contributed by atoms with Crippen molar-refractivity contribution in [3.63, 3.8) is 0 Å². The molecule has 0 bridgehead atoms. The molecule has 7 heteroatoms. The number of carbonyl (C=O) groups excluding carboxylic acids is 2. The van der Waals surface area contributed by atoms with Gasteiger partial charge in [0.1, 0.15) is 11.4 Å². The molecule has 2 rings (SSSR count). The largest absolute Gasteiger partial charge is 0.444 e. The Kier molecular flexibility index (Phi) is 6.58. The summed E-state index contributed by atoms with van der Waals surface area (Å²) in [5.74, 6) is -0.754. The topological polar surface area (TPSA) is 78.9 Å². The highest BCUT2D eigenvalue weighted by molar-refractivity contribution is 5.94. The van der Waals surface area contributed by atoms with E-state index < -0.39 is 17.5 Å². The molecule has 1 unspecified atom stereocenters. The second-order valence-corrected chi connectivity index (χ2v) is 7.59. The zero-order chi connectivity index (χ0) is 19.3. The summed E-state index contributed by atoms with van der Waals surface area (Å²) in [6.07, 6.45) is 0.259. The van der Waals surface area contributed by atoms with E-state index in [1.807, 2.05) is 20.8 Å². The Hall–Kier alpha value is -2.15. The lowest BCUT2D eigenvalue weighted by Crippen LogP contribution is -2.45. The number of carbonyl (C=O) groups is 2. The van der Waals surface area contributed by atoms with Crippen molar-refractivity contribution in [2.45, 2.75) is 45.3 Å². The number of nitrogens with zero attached hydrogens (tertiary/aromatic N) is 1. The Labute approximate surface area is 153 Å². The quantitative estimate of drug-likeness (QED) is 0.858.